The molecule has 1 aromatic carbocycles. The molecule has 0 aliphatic carbocycles. The lowest BCUT2D eigenvalue weighted by Crippen LogP contribution is -2.09. The molecule has 2 aromatic rings. The van der Waals surface area contributed by atoms with E-state index in [1.807, 2.05) is 26.0 Å². The van der Waals surface area contributed by atoms with Gasteiger partial charge in [-0.1, -0.05) is 23.7 Å². The molecular formula is C14H14ClN3O. The van der Waals surface area contributed by atoms with Crippen molar-refractivity contribution >= 4 is 29.4 Å². The summed E-state index contributed by atoms with van der Waals surface area (Å²) >= 11 is 5.79. The number of aromatic amines is 1. The van der Waals surface area contributed by atoms with Crippen molar-refractivity contribution < 1.29 is 4.79 Å². The third-order valence-corrected chi connectivity index (χ3v) is 3.04. The van der Waals surface area contributed by atoms with Gasteiger partial charge in [0.15, 0.2) is 5.82 Å². The number of anilines is 1. The van der Waals surface area contributed by atoms with E-state index in [0.717, 1.165) is 16.8 Å². The molecule has 0 saturated carbocycles. The number of H-pyrrole nitrogens is 1. The molecule has 0 unspecified atom stereocenters. The smallest absolute Gasteiger partial charge is 0.249 e. The maximum atomic E-state index is 11.7. The second kappa shape index (κ2) is 5.71. The van der Waals surface area contributed by atoms with Crippen LogP contribution in [0.1, 0.15) is 16.8 Å². The number of aromatic nitrogens is 2. The van der Waals surface area contributed by atoms with Crippen LogP contribution in [0.2, 0.25) is 5.02 Å². The van der Waals surface area contributed by atoms with Gasteiger partial charge in [0, 0.05) is 22.4 Å². The second-order valence-electron chi connectivity index (χ2n) is 4.20. The number of hydrogen-bond acceptors (Lipinski definition) is 2. The van der Waals surface area contributed by atoms with Gasteiger partial charge in [0.25, 0.3) is 0 Å². The summed E-state index contributed by atoms with van der Waals surface area (Å²) in [7, 11) is 0. The number of aryl methyl sites for hydroxylation is 1. The van der Waals surface area contributed by atoms with E-state index < -0.39 is 0 Å². The highest BCUT2D eigenvalue weighted by molar-refractivity contribution is 6.30. The number of nitrogens with one attached hydrogen (secondary N) is 2. The fraction of sp³-hybridized carbons (Fsp3) is 0.143. The van der Waals surface area contributed by atoms with Crippen LogP contribution in [0.4, 0.5) is 5.82 Å². The van der Waals surface area contributed by atoms with Crippen molar-refractivity contribution in [3.05, 3.63) is 52.2 Å². The Kier molecular flexibility index (Phi) is 4.02. The Morgan fingerprint density at radius 2 is 2.00 bits per heavy atom. The van der Waals surface area contributed by atoms with E-state index in [2.05, 4.69) is 15.5 Å². The van der Waals surface area contributed by atoms with Crippen LogP contribution in [0.25, 0.3) is 6.08 Å². The molecule has 98 valence electrons. The molecule has 1 aromatic heterocycles. The molecule has 1 heterocycles. The van der Waals surface area contributed by atoms with E-state index >= 15 is 0 Å². The summed E-state index contributed by atoms with van der Waals surface area (Å²) in [4.78, 5) is 11.7. The van der Waals surface area contributed by atoms with Gasteiger partial charge in [-0.3, -0.25) is 9.89 Å². The lowest BCUT2D eigenvalue weighted by Gasteiger charge is -1.99. The first-order chi connectivity index (χ1) is 9.06. The Morgan fingerprint density at radius 3 is 2.58 bits per heavy atom. The summed E-state index contributed by atoms with van der Waals surface area (Å²) in [6.45, 7) is 3.80. The fourth-order valence-corrected chi connectivity index (χ4v) is 1.64. The van der Waals surface area contributed by atoms with Crippen LogP contribution in [0, 0.1) is 13.8 Å². The van der Waals surface area contributed by atoms with Crippen LogP contribution in [0.5, 0.6) is 0 Å². The molecule has 19 heavy (non-hydrogen) atoms. The maximum Gasteiger partial charge on any atom is 0.249 e. The van der Waals surface area contributed by atoms with Crippen molar-refractivity contribution in [3.8, 4) is 0 Å². The molecule has 4 nitrogen and oxygen atoms in total. The Morgan fingerprint density at radius 1 is 1.32 bits per heavy atom. The number of carbonyl (C=O) groups is 1. The monoisotopic (exact) mass is 275 g/mol. The van der Waals surface area contributed by atoms with E-state index in [1.54, 1.807) is 18.2 Å². The van der Waals surface area contributed by atoms with Crippen LogP contribution < -0.4 is 5.32 Å². The molecule has 0 fully saturated rings. The molecule has 2 rings (SSSR count). The topological polar surface area (TPSA) is 57.8 Å². The molecule has 0 aliphatic rings. The second-order valence-corrected chi connectivity index (χ2v) is 4.63. The highest BCUT2D eigenvalue weighted by Gasteiger charge is 2.06. The van der Waals surface area contributed by atoms with E-state index in [1.165, 1.54) is 6.08 Å². The van der Waals surface area contributed by atoms with Gasteiger partial charge in [-0.05, 0) is 37.6 Å². The molecule has 0 spiro atoms. The maximum absolute atomic E-state index is 11.7. The van der Waals surface area contributed by atoms with Crippen molar-refractivity contribution in [2.75, 3.05) is 5.32 Å². The number of nitrogens with zero attached hydrogens (tertiary/aromatic N) is 1. The Balaban J connectivity index is 2.01. The zero-order chi connectivity index (χ0) is 13.8. The van der Waals surface area contributed by atoms with E-state index in [4.69, 9.17) is 11.6 Å². The van der Waals surface area contributed by atoms with Gasteiger partial charge >= 0.3 is 0 Å². The summed E-state index contributed by atoms with van der Waals surface area (Å²) < 4.78 is 0. The first kappa shape index (κ1) is 13.4. The van der Waals surface area contributed by atoms with Crippen molar-refractivity contribution in [1.29, 1.82) is 0 Å². The van der Waals surface area contributed by atoms with Gasteiger partial charge in [0.2, 0.25) is 5.91 Å². The van der Waals surface area contributed by atoms with Crippen LogP contribution >= 0.6 is 11.6 Å². The first-order valence-electron chi connectivity index (χ1n) is 5.82. The number of amides is 1. The average Bonchev–Trinajstić information content (AvgIpc) is 2.70. The quantitative estimate of drug-likeness (QED) is 0.844. The third-order valence-electron chi connectivity index (χ3n) is 2.79. The highest BCUT2D eigenvalue weighted by Crippen LogP contribution is 2.14. The average molecular weight is 276 g/mol. The van der Waals surface area contributed by atoms with Gasteiger partial charge in [-0.15, -0.1) is 0 Å². The van der Waals surface area contributed by atoms with Crippen molar-refractivity contribution in [3.63, 3.8) is 0 Å². The van der Waals surface area contributed by atoms with Crippen LogP contribution in [0.3, 0.4) is 0 Å². The predicted octanol–water partition coefficient (Wildman–Crippen LogP) is 3.33. The SMILES string of the molecule is Cc1[nH]nc(NC(=O)/C=C/c2ccc(Cl)cc2)c1C. The number of benzene rings is 1. The zero-order valence-corrected chi connectivity index (χ0v) is 11.5. The van der Waals surface area contributed by atoms with Gasteiger partial charge in [-0.2, -0.15) is 5.10 Å². The minimum atomic E-state index is -0.218. The Labute approximate surface area is 116 Å². The summed E-state index contributed by atoms with van der Waals surface area (Å²) in [6, 6.07) is 7.24. The largest absolute Gasteiger partial charge is 0.305 e. The normalized spacial score (nSPS) is 10.9. The predicted molar refractivity (Wildman–Crippen MR) is 77.2 cm³/mol. The van der Waals surface area contributed by atoms with Crippen molar-refractivity contribution in [2.45, 2.75) is 13.8 Å². The summed E-state index contributed by atoms with van der Waals surface area (Å²) in [5, 5.41) is 10.2. The standard InChI is InChI=1S/C14H14ClN3O/c1-9-10(2)17-18-14(9)16-13(19)8-5-11-3-6-12(15)7-4-11/h3-8H,1-2H3,(H2,16,17,18,19)/b8-5+. The van der Waals surface area contributed by atoms with Gasteiger partial charge < -0.3 is 5.32 Å². The number of carbonyl (C=O) groups excluding carboxylic acids is 1. The molecule has 0 atom stereocenters. The summed E-state index contributed by atoms with van der Waals surface area (Å²) in [5.41, 5.74) is 2.79. The summed E-state index contributed by atoms with van der Waals surface area (Å²) in [6.07, 6.45) is 3.19. The number of hydrogen-bond donors (Lipinski definition) is 2. The van der Waals surface area contributed by atoms with Crippen molar-refractivity contribution in [1.82, 2.24) is 10.2 Å². The molecular weight excluding hydrogens is 262 g/mol. The van der Waals surface area contributed by atoms with Gasteiger partial charge in [0.05, 0.1) is 0 Å². The van der Waals surface area contributed by atoms with E-state index in [9.17, 15) is 4.79 Å². The fourth-order valence-electron chi connectivity index (χ4n) is 1.51. The molecule has 0 radical (unpaired) electrons. The molecule has 2 N–H and O–H groups in total. The lowest BCUT2D eigenvalue weighted by molar-refractivity contribution is -0.111. The van der Waals surface area contributed by atoms with Crippen LogP contribution in [-0.2, 0) is 4.79 Å². The Bertz CT molecular complexity index is 614. The summed E-state index contributed by atoms with van der Waals surface area (Å²) in [5.74, 6) is 0.341. The molecule has 0 bridgehead atoms. The first-order valence-corrected chi connectivity index (χ1v) is 6.20. The van der Waals surface area contributed by atoms with Gasteiger partial charge in [0.1, 0.15) is 0 Å². The molecule has 1 amide bonds. The molecule has 0 aliphatic heterocycles. The highest BCUT2D eigenvalue weighted by atomic mass is 35.5. The minimum Gasteiger partial charge on any atom is -0.305 e. The minimum absolute atomic E-state index is 0.218. The van der Waals surface area contributed by atoms with E-state index in [0.29, 0.717) is 10.8 Å². The molecule has 0 saturated heterocycles. The lowest BCUT2D eigenvalue weighted by atomic mass is 10.2. The number of halogens is 1. The Hall–Kier alpha value is -2.07. The third kappa shape index (κ3) is 3.45. The van der Waals surface area contributed by atoms with Gasteiger partial charge in [-0.25, -0.2) is 0 Å². The number of rotatable bonds is 3. The molecule has 5 heteroatoms. The van der Waals surface area contributed by atoms with Crippen LogP contribution in [-0.4, -0.2) is 16.1 Å². The van der Waals surface area contributed by atoms with Crippen molar-refractivity contribution in [2.24, 2.45) is 0 Å². The van der Waals surface area contributed by atoms with Crippen LogP contribution in [0.15, 0.2) is 30.3 Å². The van der Waals surface area contributed by atoms with E-state index in [-0.39, 0.29) is 5.91 Å². The zero-order valence-electron chi connectivity index (χ0n) is 10.7.